The molecule has 0 amide bonds. The Morgan fingerprint density at radius 2 is 1.77 bits per heavy atom. The number of methoxy groups -OCH3 is 1. The fourth-order valence-corrected chi connectivity index (χ4v) is 7.42. The van der Waals surface area contributed by atoms with Gasteiger partial charge in [0.05, 0.1) is 59.1 Å². The first kappa shape index (κ1) is 33.9. The van der Waals surface area contributed by atoms with Gasteiger partial charge in [-0.3, -0.25) is 4.90 Å². The number of nitrogens with zero attached hydrogens (tertiary/aromatic N) is 1. The van der Waals surface area contributed by atoms with Gasteiger partial charge in [0.25, 0.3) is 0 Å². The number of benzene rings is 2. The number of ether oxygens (including phenoxy) is 1. The van der Waals surface area contributed by atoms with E-state index in [-0.39, 0.29) is 42.3 Å². The number of aliphatic hydroxyl groups is 2. The summed E-state index contributed by atoms with van der Waals surface area (Å²) in [6, 6.07) is 10.2. The number of fused-ring (bicyclic) bond motifs is 1. The third kappa shape index (κ3) is 8.79. The van der Waals surface area contributed by atoms with E-state index in [2.05, 4.69) is 27.4 Å². The Kier molecular flexibility index (Phi) is 11.4. The second kappa shape index (κ2) is 14.8. The predicted octanol–water partition coefficient (Wildman–Crippen LogP) is 4.89. The molecule has 0 bridgehead atoms. The van der Waals surface area contributed by atoms with Gasteiger partial charge in [0, 0.05) is 37.5 Å². The molecule has 1 heterocycles. The Hall–Kier alpha value is -3.02. The number of thiophene rings is 1. The SMILES string of the molecule is COc1cc(S(C)(=O)=O)ccc1NCC#Cc1sc2c(N[C@H]3CC[C@@H](N(CCO)CCO)CC3)cccc2c1CC(F)(F)F. The molecule has 4 N–H and O–H groups in total. The molecule has 8 nitrogen and oxygen atoms in total. The zero-order valence-electron chi connectivity index (χ0n) is 24.7. The summed E-state index contributed by atoms with van der Waals surface area (Å²) in [5, 5.41) is 25.9. The first-order chi connectivity index (χ1) is 20.9. The van der Waals surface area contributed by atoms with Crippen molar-refractivity contribution in [1.29, 1.82) is 0 Å². The molecular formula is C31H38F3N3O5S2. The van der Waals surface area contributed by atoms with E-state index in [0.29, 0.717) is 34.8 Å². The molecule has 1 aliphatic rings. The molecule has 1 saturated carbocycles. The van der Waals surface area contributed by atoms with Crippen molar-refractivity contribution in [2.45, 2.75) is 55.3 Å². The van der Waals surface area contributed by atoms with Crippen molar-refractivity contribution in [1.82, 2.24) is 4.90 Å². The van der Waals surface area contributed by atoms with Crippen molar-refractivity contribution in [3.63, 3.8) is 0 Å². The standard InChI is InChI=1S/C31H38F3N3O5S2/c1-42-28-19-23(44(2,40)41)12-13-26(28)35-14-4-7-29-25(20-31(32,33)34)24-5-3-6-27(30(24)43-29)36-21-8-10-22(11-9-21)37(15-17-38)16-18-39/h3,5-6,12-13,19,21-22,35-36,38-39H,8-11,14-18,20H2,1-2H3/t21-,22+. The first-order valence-corrected chi connectivity index (χ1v) is 17.1. The second-order valence-corrected chi connectivity index (χ2v) is 13.8. The number of hydrogen-bond donors (Lipinski definition) is 4. The van der Waals surface area contributed by atoms with Gasteiger partial charge in [0.15, 0.2) is 9.84 Å². The average molecular weight is 654 g/mol. The zero-order chi connectivity index (χ0) is 31.9. The fraction of sp³-hybridized carbons (Fsp3) is 0.484. The van der Waals surface area contributed by atoms with Crippen LogP contribution in [0.15, 0.2) is 41.3 Å². The minimum absolute atomic E-state index is 0.0345. The first-order valence-electron chi connectivity index (χ1n) is 14.4. The molecule has 0 spiro atoms. The highest BCUT2D eigenvalue weighted by molar-refractivity contribution is 7.90. The van der Waals surface area contributed by atoms with E-state index in [9.17, 15) is 31.8 Å². The molecule has 0 atom stereocenters. The van der Waals surface area contributed by atoms with Gasteiger partial charge in [0.1, 0.15) is 5.75 Å². The third-order valence-electron chi connectivity index (χ3n) is 7.71. The van der Waals surface area contributed by atoms with Gasteiger partial charge in [-0.05, 0) is 54.8 Å². The van der Waals surface area contributed by atoms with Crippen LogP contribution in [0.2, 0.25) is 0 Å². The van der Waals surface area contributed by atoms with Crippen molar-refractivity contribution in [3.05, 3.63) is 46.8 Å². The lowest BCUT2D eigenvalue weighted by Crippen LogP contribution is -2.43. The van der Waals surface area contributed by atoms with E-state index >= 15 is 0 Å². The van der Waals surface area contributed by atoms with Crippen molar-refractivity contribution in [2.75, 3.05) is 56.8 Å². The molecule has 0 radical (unpaired) electrons. The van der Waals surface area contributed by atoms with Gasteiger partial charge in [-0.15, -0.1) is 11.3 Å². The van der Waals surface area contributed by atoms with Crippen molar-refractivity contribution in [2.24, 2.45) is 0 Å². The summed E-state index contributed by atoms with van der Waals surface area (Å²) in [4.78, 5) is 2.57. The Balaban J connectivity index is 1.53. The van der Waals surface area contributed by atoms with E-state index in [1.165, 1.54) is 30.6 Å². The molecule has 13 heteroatoms. The number of halogens is 3. The summed E-state index contributed by atoms with van der Waals surface area (Å²) in [5.41, 5.74) is 1.44. The largest absolute Gasteiger partial charge is 0.495 e. The maximum Gasteiger partial charge on any atom is 0.393 e. The van der Waals surface area contributed by atoms with E-state index in [1.807, 2.05) is 6.07 Å². The van der Waals surface area contributed by atoms with Crippen LogP contribution in [-0.4, -0.2) is 88.0 Å². The van der Waals surface area contributed by atoms with Crippen LogP contribution in [0.25, 0.3) is 10.1 Å². The van der Waals surface area contributed by atoms with E-state index < -0.39 is 22.4 Å². The molecule has 0 saturated heterocycles. The molecule has 1 fully saturated rings. The smallest absolute Gasteiger partial charge is 0.393 e. The summed E-state index contributed by atoms with van der Waals surface area (Å²) >= 11 is 1.24. The van der Waals surface area contributed by atoms with Crippen LogP contribution >= 0.6 is 11.3 Å². The molecule has 0 unspecified atom stereocenters. The van der Waals surface area contributed by atoms with Crippen LogP contribution in [0, 0.1) is 11.8 Å². The maximum absolute atomic E-state index is 13.7. The van der Waals surface area contributed by atoms with Crippen LogP contribution in [0.1, 0.15) is 36.1 Å². The van der Waals surface area contributed by atoms with Crippen LogP contribution in [0.4, 0.5) is 24.5 Å². The van der Waals surface area contributed by atoms with Crippen LogP contribution in [0.3, 0.4) is 0 Å². The van der Waals surface area contributed by atoms with E-state index in [1.54, 1.807) is 18.2 Å². The van der Waals surface area contributed by atoms with Gasteiger partial charge in [-0.1, -0.05) is 24.0 Å². The molecule has 1 aliphatic carbocycles. The monoisotopic (exact) mass is 653 g/mol. The quantitative estimate of drug-likeness (QED) is 0.205. The summed E-state index contributed by atoms with van der Waals surface area (Å²) in [6.07, 6.45) is -0.890. The topological polar surface area (TPSA) is 111 Å². The lowest BCUT2D eigenvalue weighted by atomic mass is 9.90. The summed E-state index contributed by atoms with van der Waals surface area (Å²) in [7, 11) is -2.00. The van der Waals surface area contributed by atoms with Gasteiger partial charge in [-0.2, -0.15) is 13.2 Å². The normalized spacial score (nSPS) is 17.4. The number of nitrogens with one attached hydrogen (secondary N) is 2. The molecule has 0 aliphatic heterocycles. The highest BCUT2D eigenvalue weighted by Crippen LogP contribution is 2.40. The summed E-state index contributed by atoms with van der Waals surface area (Å²) in [5.74, 6) is 6.17. The second-order valence-electron chi connectivity index (χ2n) is 10.8. The van der Waals surface area contributed by atoms with E-state index in [4.69, 9.17) is 4.74 Å². The number of rotatable bonds is 12. The van der Waals surface area contributed by atoms with Crippen LogP contribution < -0.4 is 15.4 Å². The Labute approximate surface area is 260 Å². The number of aliphatic hydroxyl groups excluding tert-OH is 2. The molecule has 3 aromatic rings. The molecule has 44 heavy (non-hydrogen) atoms. The number of anilines is 2. The summed E-state index contributed by atoms with van der Waals surface area (Å²) < 4.78 is 70.7. The molecule has 1 aromatic heterocycles. The van der Waals surface area contributed by atoms with Crippen molar-refractivity contribution >= 4 is 42.6 Å². The number of sulfone groups is 1. The van der Waals surface area contributed by atoms with E-state index in [0.717, 1.165) is 42.3 Å². The van der Waals surface area contributed by atoms with Gasteiger partial charge < -0.3 is 25.6 Å². The number of hydrogen-bond acceptors (Lipinski definition) is 9. The third-order valence-corrected chi connectivity index (χ3v) is 10.0. The van der Waals surface area contributed by atoms with Crippen molar-refractivity contribution in [3.8, 4) is 17.6 Å². The van der Waals surface area contributed by atoms with Gasteiger partial charge >= 0.3 is 6.18 Å². The molecular weight excluding hydrogens is 615 g/mol. The Morgan fingerprint density at radius 3 is 2.39 bits per heavy atom. The predicted molar refractivity (Wildman–Crippen MR) is 168 cm³/mol. The Bertz CT molecular complexity index is 1580. The lowest BCUT2D eigenvalue weighted by molar-refractivity contribution is -0.126. The van der Waals surface area contributed by atoms with Crippen LogP contribution in [0.5, 0.6) is 5.75 Å². The highest BCUT2D eigenvalue weighted by Gasteiger charge is 2.31. The minimum Gasteiger partial charge on any atom is -0.495 e. The molecule has 4 rings (SSSR count). The fourth-order valence-electron chi connectivity index (χ4n) is 5.61. The highest BCUT2D eigenvalue weighted by atomic mass is 32.2. The molecule has 240 valence electrons. The molecule has 2 aromatic carbocycles. The average Bonchev–Trinajstić information content (AvgIpc) is 3.31. The zero-order valence-corrected chi connectivity index (χ0v) is 26.3. The minimum atomic E-state index is -4.41. The van der Waals surface area contributed by atoms with Crippen LogP contribution in [-0.2, 0) is 16.3 Å². The van der Waals surface area contributed by atoms with Gasteiger partial charge in [0.2, 0.25) is 0 Å². The Morgan fingerprint density at radius 1 is 1.07 bits per heavy atom. The summed E-state index contributed by atoms with van der Waals surface area (Å²) in [6.45, 7) is 1.20. The number of alkyl halides is 3. The van der Waals surface area contributed by atoms with Gasteiger partial charge in [-0.25, -0.2) is 8.42 Å². The lowest BCUT2D eigenvalue weighted by Gasteiger charge is -2.37. The maximum atomic E-state index is 13.7. The van der Waals surface area contributed by atoms with Crippen molar-refractivity contribution < 1.29 is 36.5 Å².